The monoisotopic (exact) mass is 347 g/mol. The number of hydrogen-bond acceptors (Lipinski definition) is 4. The molecule has 6 heteroatoms. The molecule has 0 radical (unpaired) electrons. The van der Waals surface area contributed by atoms with Crippen LogP contribution in [0.2, 0.25) is 0 Å². The quantitative estimate of drug-likeness (QED) is 0.611. The summed E-state index contributed by atoms with van der Waals surface area (Å²) in [6.45, 7) is 3.05. The highest BCUT2D eigenvalue weighted by atomic mass is 16.5. The molecule has 0 aromatic heterocycles. The van der Waals surface area contributed by atoms with Crippen LogP contribution in [-0.2, 0) is 9.53 Å². The zero-order chi connectivity index (χ0) is 17.4. The number of nitrogens with zero attached hydrogens (tertiary/aromatic N) is 2. The SMILES string of the molecule is COC(=O)CNC(=O)N1CCCC2=CC3CC(CN4CCCC[C@H]34)[C@@H]21. The van der Waals surface area contributed by atoms with Crippen molar-refractivity contribution in [2.75, 3.05) is 33.3 Å². The number of fused-ring (bicyclic) bond motifs is 6. The Morgan fingerprint density at radius 2 is 2.16 bits per heavy atom. The molecule has 3 fully saturated rings. The molecule has 0 aromatic rings. The number of methoxy groups -OCH3 is 1. The van der Waals surface area contributed by atoms with Gasteiger partial charge in [-0.05, 0) is 50.5 Å². The van der Waals surface area contributed by atoms with Crippen LogP contribution in [0.4, 0.5) is 4.79 Å². The molecule has 2 amide bonds. The van der Waals surface area contributed by atoms with Gasteiger partial charge in [-0.1, -0.05) is 18.1 Å². The fraction of sp³-hybridized carbons (Fsp3) is 0.789. The number of likely N-dealkylation sites (tertiary alicyclic amines) is 1. The zero-order valence-corrected chi connectivity index (χ0v) is 15.1. The minimum Gasteiger partial charge on any atom is -0.468 e. The van der Waals surface area contributed by atoms with E-state index in [0.717, 1.165) is 32.0 Å². The molecule has 0 aromatic carbocycles. The first-order valence-electron chi connectivity index (χ1n) is 9.73. The van der Waals surface area contributed by atoms with Crippen LogP contribution < -0.4 is 5.32 Å². The van der Waals surface area contributed by atoms with Gasteiger partial charge in [0.15, 0.2) is 0 Å². The van der Waals surface area contributed by atoms with Crippen LogP contribution in [0.15, 0.2) is 11.6 Å². The Bertz CT molecular complexity index is 576. The van der Waals surface area contributed by atoms with Crippen LogP contribution in [0.5, 0.6) is 0 Å². The molecular weight excluding hydrogens is 318 g/mol. The summed E-state index contributed by atoms with van der Waals surface area (Å²) in [6, 6.07) is 0.813. The topological polar surface area (TPSA) is 61.9 Å². The zero-order valence-electron chi connectivity index (χ0n) is 15.1. The highest BCUT2D eigenvalue weighted by molar-refractivity contribution is 5.81. The molecule has 25 heavy (non-hydrogen) atoms. The number of hydrogen-bond donors (Lipinski definition) is 1. The van der Waals surface area contributed by atoms with Gasteiger partial charge in [0, 0.05) is 19.1 Å². The summed E-state index contributed by atoms with van der Waals surface area (Å²) in [7, 11) is 1.34. The molecule has 2 bridgehead atoms. The van der Waals surface area contributed by atoms with E-state index in [9.17, 15) is 9.59 Å². The number of ether oxygens (including phenoxy) is 1. The Kier molecular flexibility index (Phi) is 4.71. The van der Waals surface area contributed by atoms with E-state index in [2.05, 4.69) is 21.0 Å². The van der Waals surface area contributed by atoms with E-state index in [1.165, 1.54) is 44.9 Å². The molecule has 4 rings (SSSR count). The van der Waals surface area contributed by atoms with Crippen LogP contribution in [0, 0.1) is 11.8 Å². The molecule has 1 aliphatic carbocycles. The van der Waals surface area contributed by atoms with Crippen molar-refractivity contribution in [1.82, 2.24) is 15.1 Å². The second-order valence-corrected chi connectivity index (χ2v) is 7.94. The van der Waals surface area contributed by atoms with Gasteiger partial charge < -0.3 is 15.0 Å². The van der Waals surface area contributed by atoms with Crippen LogP contribution in [0.25, 0.3) is 0 Å². The van der Waals surface area contributed by atoms with Crippen molar-refractivity contribution < 1.29 is 14.3 Å². The van der Waals surface area contributed by atoms with Crippen LogP contribution in [0.3, 0.4) is 0 Å². The van der Waals surface area contributed by atoms with E-state index in [4.69, 9.17) is 0 Å². The van der Waals surface area contributed by atoms with E-state index in [-0.39, 0.29) is 18.6 Å². The highest BCUT2D eigenvalue weighted by Crippen LogP contribution is 2.44. The molecule has 4 atom stereocenters. The maximum absolute atomic E-state index is 12.7. The summed E-state index contributed by atoms with van der Waals surface area (Å²) in [4.78, 5) is 28.7. The van der Waals surface area contributed by atoms with Gasteiger partial charge in [-0.25, -0.2) is 4.79 Å². The van der Waals surface area contributed by atoms with E-state index in [0.29, 0.717) is 11.8 Å². The number of esters is 1. The van der Waals surface area contributed by atoms with E-state index >= 15 is 0 Å². The van der Waals surface area contributed by atoms with Gasteiger partial charge in [-0.15, -0.1) is 0 Å². The summed E-state index contributed by atoms with van der Waals surface area (Å²) in [5, 5.41) is 2.74. The number of piperidine rings is 3. The lowest BCUT2D eigenvalue weighted by Crippen LogP contribution is -2.61. The number of urea groups is 1. The number of rotatable bonds is 2. The summed E-state index contributed by atoms with van der Waals surface area (Å²) in [5.74, 6) is 0.797. The fourth-order valence-electron chi connectivity index (χ4n) is 5.52. The van der Waals surface area contributed by atoms with Crippen LogP contribution in [0.1, 0.15) is 38.5 Å². The lowest BCUT2D eigenvalue weighted by atomic mass is 9.68. The molecule has 3 heterocycles. The van der Waals surface area contributed by atoms with Gasteiger partial charge in [-0.3, -0.25) is 9.69 Å². The van der Waals surface area contributed by atoms with Gasteiger partial charge >= 0.3 is 12.0 Å². The Morgan fingerprint density at radius 3 is 3.00 bits per heavy atom. The van der Waals surface area contributed by atoms with Crippen molar-refractivity contribution >= 4 is 12.0 Å². The minimum absolute atomic E-state index is 0.0565. The highest BCUT2D eigenvalue weighted by Gasteiger charge is 2.46. The lowest BCUT2D eigenvalue weighted by molar-refractivity contribution is -0.139. The van der Waals surface area contributed by atoms with Crippen LogP contribution in [-0.4, -0.2) is 67.2 Å². The first-order chi connectivity index (χ1) is 12.2. The molecule has 138 valence electrons. The van der Waals surface area contributed by atoms with Crippen molar-refractivity contribution in [2.24, 2.45) is 11.8 Å². The van der Waals surface area contributed by atoms with Crippen molar-refractivity contribution in [3.8, 4) is 0 Å². The summed E-state index contributed by atoms with van der Waals surface area (Å²) >= 11 is 0. The van der Waals surface area contributed by atoms with Gasteiger partial charge in [0.2, 0.25) is 0 Å². The van der Waals surface area contributed by atoms with Crippen molar-refractivity contribution in [2.45, 2.75) is 50.6 Å². The Balaban J connectivity index is 1.51. The normalized spacial score (nSPS) is 34.4. The van der Waals surface area contributed by atoms with Gasteiger partial charge in [0.05, 0.1) is 13.2 Å². The van der Waals surface area contributed by atoms with Gasteiger partial charge in [-0.2, -0.15) is 0 Å². The third-order valence-corrected chi connectivity index (χ3v) is 6.53. The Hall–Kier alpha value is -1.56. The van der Waals surface area contributed by atoms with Crippen molar-refractivity contribution in [3.63, 3.8) is 0 Å². The number of carbonyl (C=O) groups is 2. The molecule has 0 spiro atoms. The van der Waals surface area contributed by atoms with Gasteiger partial charge in [0.1, 0.15) is 6.54 Å². The largest absolute Gasteiger partial charge is 0.468 e. The molecule has 3 aliphatic heterocycles. The predicted molar refractivity (Wildman–Crippen MR) is 94.0 cm³/mol. The van der Waals surface area contributed by atoms with E-state index in [1.807, 2.05) is 4.90 Å². The first-order valence-corrected chi connectivity index (χ1v) is 9.73. The molecule has 3 saturated heterocycles. The van der Waals surface area contributed by atoms with Crippen LogP contribution >= 0.6 is 0 Å². The molecular formula is C19H29N3O3. The number of nitrogens with one attached hydrogen (secondary N) is 1. The Labute approximate surface area is 149 Å². The average molecular weight is 347 g/mol. The summed E-state index contributed by atoms with van der Waals surface area (Å²) < 4.78 is 4.63. The second-order valence-electron chi connectivity index (χ2n) is 7.94. The standard InChI is InChI=1S/C19H29N3O3/c1-25-17(23)11-20-19(24)22-8-4-5-13-9-14-10-15(18(13)22)12-21-7-3-2-6-16(14)21/h9,14-16,18H,2-8,10-12H2,1H3,(H,20,24)/t14?,15?,16-,18-/m1/s1. The fourth-order valence-corrected chi connectivity index (χ4v) is 5.52. The molecule has 4 aliphatic rings. The number of carbonyl (C=O) groups excluding carboxylic acids is 2. The lowest BCUT2D eigenvalue weighted by Gasteiger charge is -2.54. The third-order valence-electron chi connectivity index (χ3n) is 6.53. The van der Waals surface area contributed by atoms with Crippen molar-refractivity contribution in [3.05, 3.63) is 11.6 Å². The Morgan fingerprint density at radius 1 is 1.28 bits per heavy atom. The van der Waals surface area contributed by atoms with Crippen molar-refractivity contribution in [1.29, 1.82) is 0 Å². The molecule has 0 saturated carbocycles. The predicted octanol–water partition coefficient (Wildman–Crippen LogP) is 1.76. The average Bonchev–Trinajstić information content (AvgIpc) is 2.65. The first kappa shape index (κ1) is 16.9. The molecule has 6 nitrogen and oxygen atoms in total. The molecule has 1 N–H and O–H groups in total. The summed E-state index contributed by atoms with van der Waals surface area (Å²) in [6.07, 6.45) is 9.83. The number of amides is 2. The third kappa shape index (κ3) is 3.16. The second kappa shape index (κ2) is 6.98. The summed E-state index contributed by atoms with van der Waals surface area (Å²) in [5.41, 5.74) is 1.46. The van der Waals surface area contributed by atoms with E-state index < -0.39 is 5.97 Å². The minimum atomic E-state index is -0.404. The van der Waals surface area contributed by atoms with Gasteiger partial charge in [0.25, 0.3) is 0 Å². The maximum atomic E-state index is 12.7. The maximum Gasteiger partial charge on any atom is 0.325 e. The smallest absolute Gasteiger partial charge is 0.325 e. The molecule has 2 unspecified atom stereocenters. The van der Waals surface area contributed by atoms with E-state index in [1.54, 1.807) is 0 Å².